The van der Waals surface area contributed by atoms with E-state index in [2.05, 4.69) is 6.92 Å². The molecule has 0 N–H and O–H groups in total. The van der Waals surface area contributed by atoms with Gasteiger partial charge in [-0.2, -0.15) is 0 Å². The number of fused-ring (bicyclic) bond motifs is 1. The Morgan fingerprint density at radius 3 is 1.67 bits per heavy atom. The highest BCUT2D eigenvalue weighted by Gasteiger charge is 2.41. The van der Waals surface area contributed by atoms with E-state index in [1.165, 1.54) is 0 Å². The van der Waals surface area contributed by atoms with Crippen LogP contribution in [-0.4, -0.2) is 12.3 Å². The quantitative estimate of drug-likeness (QED) is 0.529. The maximum absolute atomic E-state index is 13.0. The molecule has 2 rings (SSSR count). The molecule has 4 atom stereocenters. The highest BCUT2D eigenvalue weighted by Crippen LogP contribution is 2.46. The summed E-state index contributed by atoms with van der Waals surface area (Å²) in [6.45, 7) is 2.19. The van der Waals surface area contributed by atoms with Crippen LogP contribution in [0.25, 0.3) is 0 Å². The third-order valence-corrected chi connectivity index (χ3v) is 3.53. The van der Waals surface area contributed by atoms with Crippen molar-refractivity contribution in [3.63, 3.8) is 0 Å². The fourth-order valence-corrected chi connectivity index (χ4v) is 2.97. The highest BCUT2D eigenvalue weighted by molar-refractivity contribution is 4.91. The zero-order valence-electron chi connectivity index (χ0n) is 7.47. The number of hydrogen-bond donors (Lipinski definition) is 0. The Morgan fingerprint density at radius 1 is 0.833 bits per heavy atom. The van der Waals surface area contributed by atoms with Gasteiger partial charge in [-0.05, 0) is 43.4 Å². The first-order chi connectivity index (χ1) is 5.66. The molecule has 2 aliphatic carbocycles. The molecule has 0 aromatic heterocycles. The molecule has 0 aliphatic heterocycles. The van der Waals surface area contributed by atoms with Gasteiger partial charge in [-0.3, -0.25) is 0 Å². The molecular formula is C10H16F2. The molecule has 0 bridgehead atoms. The number of rotatable bonds is 0. The predicted molar refractivity (Wildman–Crippen MR) is 44.4 cm³/mol. The summed E-state index contributed by atoms with van der Waals surface area (Å²) in [5.41, 5.74) is 0. The monoisotopic (exact) mass is 174 g/mol. The lowest BCUT2D eigenvalue weighted by molar-refractivity contribution is 0.0628. The van der Waals surface area contributed by atoms with Gasteiger partial charge >= 0.3 is 0 Å². The SMILES string of the molecule is CC1CC2CC(F)C(F)CC2C1. The minimum Gasteiger partial charge on any atom is -0.244 e. The summed E-state index contributed by atoms with van der Waals surface area (Å²) in [5.74, 6) is 1.67. The molecule has 0 aromatic rings. The van der Waals surface area contributed by atoms with Gasteiger partial charge in [0.05, 0.1) is 0 Å². The van der Waals surface area contributed by atoms with Gasteiger partial charge < -0.3 is 0 Å². The molecule has 2 aliphatic rings. The van der Waals surface area contributed by atoms with Crippen LogP contribution in [0.5, 0.6) is 0 Å². The van der Waals surface area contributed by atoms with Crippen LogP contribution in [0.3, 0.4) is 0 Å². The van der Waals surface area contributed by atoms with Gasteiger partial charge in [-0.25, -0.2) is 8.78 Å². The van der Waals surface area contributed by atoms with E-state index in [0.29, 0.717) is 30.6 Å². The topological polar surface area (TPSA) is 0 Å². The summed E-state index contributed by atoms with van der Waals surface area (Å²) in [4.78, 5) is 0. The molecule has 0 spiro atoms. The number of alkyl halides is 2. The van der Waals surface area contributed by atoms with Gasteiger partial charge in [0, 0.05) is 0 Å². The molecule has 0 amide bonds. The van der Waals surface area contributed by atoms with Gasteiger partial charge in [0.25, 0.3) is 0 Å². The summed E-state index contributed by atoms with van der Waals surface area (Å²) >= 11 is 0. The molecule has 12 heavy (non-hydrogen) atoms. The molecule has 0 aromatic carbocycles. The minimum atomic E-state index is -1.17. The lowest BCUT2D eigenvalue weighted by Crippen LogP contribution is -2.31. The van der Waals surface area contributed by atoms with E-state index in [1.54, 1.807) is 0 Å². The zero-order chi connectivity index (χ0) is 8.72. The average Bonchev–Trinajstić information content (AvgIpc) is 2.30. The Kier molecular flexibility index (Phi) is 2.09. The summed E-state index contributed by atoms with van der Waals surface area (Å²) < 4.78 is 25.9. The van der Waals surface area contributed by atoms with E-state index >= 15 is 0 Å². The van der Waals surface area contributed by atoms with Crippen molar-refractivity contribution in [1.82, 2.24) is 0 Å². The molecule has 0 radical (unpaired) electrons. The Bertz CT molecular complexity index is 151. The third kappa shape index (κ3) is 1.36. The van der Waals surface area contributed by atoms with E-state index in [1.807, 2.05) is 0 Å². The van der Waals surface area contributed by atoms with Crippen molar-refractivity contribution in [2.75, 3.05) is 0 Å². The van der Waals surface area contributed by atoms with E-state index in [-0.39, 0.29) is 0 Å². The second-order valence-corrected chi connectivity index (χ2v) is 4.60. The Hall–Kier alpha value is -0.140. The Balaban J connectivity index is 2.01. The fourth-order valence-electron chi connectivity index (χ4n) is 2.97. The van der Waals surface area contributed by atoms with E-state index < -0.39 is 12.3 Å². The molecule has 70 valence electrons. The van der Waals surface area contributed by atoms with Crippen molar-refractivity contribution in [2.24, 2.45) is 17.8 Å². The van der Waals surface area contributed by atoms with Crippen LogP contribution in [0.2, 0.25) is 0 Å². The standard InChI is InChI=1S/C10H16F2/c1-6-2-7-4-9(11)10(12)5-8(7)3-6/h6-10H,2-5H2,1H3. The molecular weight excluding hydrogens is 158 g/mol. The fraction of sp³-hybridized carbons (Fsp3) is 1.00. The summed E-state index contributed by atoms with van der Waals surface area (Å²) in [6, 6.07) is 0. The van der Waals surface area contributed by atoms with Gasteiger partial charge in [0.15, 0.2) is 0 Å². The maximum Gasteiger partial charge on any atom is 0.131 e. The molecule has 4 unspecified atom stereocenters. The van der Waals surface area contributed by atoms with Gasteiger partial charge in [0.2, 0.25) is 0 Å². The van der Waals surface area contributed by atoms with Crippen molar-refractivity contribution in [3.8, 4) is 0 Å². The molecule has 2 fully saturated rings. The van der Waals surface area contributed by atoms with Crippen LogP contribution in [0.4, 0.5) is 8.78 Å². The van der Waals surface area contributed by atoms with Gasteiger partial charge in [-0.1, -0.05) is 6.92 Å². The second-order valence-electron chi connectivity index (χ2n) is 4.60. The van der Waals surface area contributed by atoms with Crippen molar-refractivity contribution < 1.29 is 8.78 Å². The molecule has 2 heteroatoms. The smallest absolute Gasteiger partial charge is 0.131 e. The van der Waals surface area contributed by atoms with Crippen molar-refractivity contribution in [3.05, 3.63) is 0 Å². The minimum absolute atomic E-state index is 0.482. The first-order valence-electron chi connectivity index (χ1n) is 4.95. The second kappa shape index (κ2) is 2.97. The molecule has 0 heterocycles. The summed E-state index contributed by atoms with van der Waals surface area (Å²) in [7, 11) is 0. The summed E-state index contributed by atoms with van der Waals surface area (Å²) in [5, 5.41) is 0. The predicted octanol–water partition coefficient (Wildman–Crippen LogP) is 3.12. The van der Waals surface area contributed by atoms with E-state index in [9.17, 15) is 8.78 Å². The van der Waals surface area contributed by atoms with E-state index in [4.69, 9.17) is 0 Å². The average molecular weight is 174 g/mol. The number of halogens is 2. The van der Waals surface area contributed by atoms with Gasteiger partial charge in [-0.15, -0.1) is 0 Å². The Morgan fingerprint density at radius 2 is 1.25 bits per heavy atom. The van der Waals surface area contributed by atoms with Crippen molar-refractivity contribution in [1.29, 1.82) is 0 Å². The van der Waals surface area contributed by atoms with Crippen LogP contribution in [-0.2, 0) is 0 Å². The lowest BCUT2D eigenvalue weighted by Gasteiger charge is -2.30. The highest BCUT2D eigenvalue weighted by atomic mass is 19.2. The zero-order valence-corrected chi connectivity index (χ0v) is 7.47. The largest absolute Gasteiger partial charge is 0.244 e. The van der Waals surface area contributed by atoms with Crippen molar-refractivity contribution >= 4 is 0 Å². The van der Waals surface area contributed by atoms with E-state index in [0.717, 1.165) is 12.8 Å². The first kappa shape index (κ1) is 8.46. The lowest BCUT2D eigenvalue weighted by atomic mass is 9.80. The molecule has 2 saturated carbocycles. The molecule has 0 saturated heterocycles. The van der Waals surface area contributed by atoms with Crippen molar-refractivity contribution in [2.45, 2.75) is 45.0 Å². The summed E-state index contributed by atoms with van der Waals surface area (Å²) in [6.07, 6.45) is 0.871. The van der Waals surface area contributed by atoms with Crippen LogP contribution in [0.15, 0.2) is 0 Å². The maximum atomic E-state index is 13.0. The normalized spacial score (nSPS) is 53.8. The van der Waals surface area contributed by atoms with Crippen LogP contribution >= 0.6 is 0 Å². The molecule has 0 nitrogen and oxygen atoms in total. The number of hydrogen-bond acceptors (Lipinski definition) is 0. The van der Waals surface area contributed by atoms with Crippen LogP contribution in [0, 0.1) is 17.8 Å². The van der Waals surface area contributed by atoms with Gasteiger partial charge in [0.1, 0.15) is 12.3 Å². The first-order valence-corrected chi connectivity index (χ1v) is 4.95. The van der Waals surface area contributed by atoms with Crippen LogP contribution < -0.4 is 0 Å². The third-order valence-electron chi connectivity index (χ3n) is 3.53. The van der Waals surface area contributed by atoms with Crippen LogP contribution in [0.1, 0.15) is 32.6 Å². The Labute approximate surface area is 72.3 Å².